The fourth-order valence-corrected chi connectivity index (χ4v) is 4.30. The zero-order valence-electron chi connectivity index (χ0n) is 12.6. The summed E-state index contributed by atoms with van der Waals surface area (Å²) in [6.45, 7) is 4.43. The predicted octanol–water partition coefficient (Wildman–Crippen LogP) is 2.99. The van der Waals surface area contributed by atoms with E-state index in [4.69, 9.17) is 0 Å². The molecule has 1 saturated heterocycles. The summed E-state index contributed by atoms with van der Waals surface area (Å²) in [7, 11) is 0. The van der Waals surface area contributed by atoms with Gasteiger partial charge in [0.15, 0.2) is 0 Å². The van der Waals surface area contributed by atoms with Gasteiger partial charge in [0.05, 0.1) is 4.88 Å². The first kappa shape index (κ1) is 15.0. The van der Waals surface area contributed by atoms with E-state index in [1.165, 1.54) is 16.2 Å². The molecule has 22 heavy (non-hydrogen) atoms. The lowest BCUT2D eigenvalue weighted by Crippen LogP contribution is -2.47. The van der Waals surface area contributed by atoms with E-state index in [1.807, 2.05) is 19.9 Å². The molecule has 1 aliphatic heterocycles. The Kier molecular flexibility index (Phi) is 3.87. The van der Waals surface area contributed by atoms with E-state index in [-0.39, 0.29) is 5.91 Å². The molecule has 5 nitrogen and oxygen atoms in total. The highest BCUT2D eigenvalue weighted by atomic mass is 32.1. The summed E-state index contributed by atoms with van der Waals surface area (Å²) in [5.41, 5.74) is 2.00. The van der Waals surface area contributed by atoms with Crippen LogP contribution >= 0.6 is 11.3 Å². The van der Waals surface area contributed by atoms with E-state index in [0.29, 0.717) is 17.8 Å². The number of nitrogens with zero attached hydrogens (tertiary/aromatic N) is 2. The molecule has 116 valence electrons. The van der Waals surface area contributed by atoms with E-state index < -0.39 is 12.0 Å². The quantitative estimate of drug-likeness (QED) is 0.924. The van der Waals surface area contributed by atoms with Gasteiger partial charge < -0.3 is 10.0 Å². The van der Waals surface area contributed by atoms with Crippen molar-refractivity contribution in [1.29, 1.82) is 0 Å². The van der Waals surface area contributed by atoms with Crippen molar-refractivity contribution in [2.75, 3.05) is 6.54 Å². The first-order valence-corrected chi connectivity index (χ1v) is 8.21. The summed E-state index contributed by atoms with van der Waals surface area (Å²) < 4.78 is 0. The third kappa shape index (κ3) is 2.37. The number of rotatable bonds is 2. The van der Waals surface area contributed by atoms with Crippen LogP contribution in [0.1, 0.15) is 40.1 Å². The number of aryl methyl sites for hydroxylation is 2. The van der Waals surface area contributed by atoms with Crippen LogP contribution in [0, 0.1) is 13.8 Å². The second kappa shape index (κ2) is 5.68. The van der Waals surface area contributed by atoms with E-state index in [0.717, 1.165) is 34.2 Å². The number of fused-ring (bicyclic) bond motifs is 1. The lowest BCUT2D eigenvalue weighted by Gasteiger charge is -2.32. The molecule has 0 radical (unpaired) electrons. The first-order chi connectivity index (χ1) is 10.5. The molecular formula is C16H18N2O3S. The van der Waals surface area contributed by atoms with Crippen LogP contribution in [-0.2, 0) is 4.79 Å². The van der Waals surface area contributed by atoms with Crippen molar-refractivity contribution in [3.8, 4) is 0 Å². The summed E-state index contributed by atoms with van der Waals surface area (Å²) >= 11 is 1.36. The van der Waals surface area contributed by atoms with E-state index >= 15 is 0 Å². The average Bonchev–Trinajstić information content (AvgIpc) is 2.85. The van der Waals surface area contributed by atoms with Crippen LogP contribution in [0.3, 0.4) is 0 Å². The Morgan fingerprint density at radius 3 is 2.82 bits per heavy atom. The molecule has 3 rings (SSSR count). The molecule has 1 fully saturated rings. The lowest BCUT2D eigenvalue weighted by atomic mass is 10.0. The molecule has 0 aromatic carbocycles. The SMILES string of the molecule is Cc1ccnc2sc(C(=O)N3CCCCC3C(=O)O)c(C)c12. The maximum atomic E-state index is 12.9. The van der Waals surface area contributed by atoms with Crippen molar-refractivity contribution in [2.45, 2.75) is 39.2 Å². The highest BCUT2D eigenvalue weighted by molar-refractivity contribution is 7.20. The number of likely N-dealkylation sites (tertiary alicyclic amines) is 1. The maximum absolute atomic E-state index is 12.9. The van der Waals surface area contributed by atoms with Gasteiger partial charge in [-0.25, -0.2) is 9.78 Å². The third-order valence-corrected chi connectivity index (χ3v) is 5.47. The Balaban J connectivity index is 2.03. The van der Waals surface area contributed by atoms with Crippen LogP contribution in [0.5, 0.6) is 0 Å². The summed E-state index contributed by atoms with van der Waals surface area (Å²) in [6.07, 6.45) is 3.98. The van der Waals surface area contributed by atoms with Gasteiger partial charge in [0.1, 0.15) is 10.9 Å². The molecule has 0 saturated carbocycles. The number of piperidine rings is 1. The Morgan fingerprint density at radius 1 is 1.36 bits per heavy atom. The summed E-state index contributed by atoms with van der Waals surface area (Å²) in [6, 6.07) is 1.22. The number of carboxylic acids is 1. The number of hydrogen-bond donors (Lipinski definition) is 1. The van der Waals surface area contributed by atoms with Gasteiger partial charge >= 0.3 is 5.97 Å². The van der Waals surface area contributed by atoms with Crippen molar-refractivity contribution in [3.63, 3.8) is 0 Å². The molecule has 0 bridgehead atoms. The van der Waals surface area contributed by atoms with Gasteiger partial charge in [-0.15, -0.1) is 11.3 Å². The number of amides is 1. The number of thiophene rings is 1. The molecule has 1 atom stereocenters. The van der Waals surface area contributed by atoms with Crippen molar-refractivity contribution >= 4 is 33.4 Å². The van der Waals surface area contributed by atoms with Gasteiger partial charge in [0.25, 0.3) is 5.91 Å². The fourth-order valence-electron chi connectivity index (χ4n) is 3.12. The Labute approximate surface area is 132 Å². The number of hydrogen-bond acceptors (Lipinski definition) is 4. The Hall–Kier alpha value is -1.95. The lowest BCUT2D eigenvalue weighted by molar-refractivity contribution is -0.143. The van der Waals surface area contributed by atoms with Crippen molar-refractivity contribution < 1.29 is 14.7 Å². The van der Waals surface area contributed by atoms with Crippen molar-refractivity contribution in [1.82, 2.24) is 9.88 Å². The highest BCUT2D eigenvalue weighted by Crippen LogP contribution is 2.33. The van der Waals surface area contributed by atoms with Crippen LogP contribution in [0.15, 0.2) is 12.3 Å². The molecule has 3 heterocycles. The Bertz CT molecular complexity index is 753. The summed E-state index contributed by atoms with van der Waals surface area (Å²) in [5.74, 6) is -1.09. The smallest absolute Gasteiger partial charge is 0.326 e. The number of aromatic nitrogens is 1. The predicted molar refractivity (Wildman–Crippen MR) is 85.4 cm³/mol. The summed E-state index contributed by atoms with van der Waals surface area (Å²) in [4.78, 5) is 31.6. The standard InChI is InChI=1S/C16H18N2O3S/c1-9-6-7-17-14-12(9)10(2)13(22-14)15(19)18-8-4-3-5-11(18)16(20)21/h6-7,11H,3-5,8H2,1-2H3,(H,20,21). The molecule has 6 heteroatoms. The van der Waals surface area contributed by atoms with Crippen LogP contribution in [0.25, 0.3) is 10.2 Å². The first-order valence-electron chi connectivity index (χ1n) is 7.39. The summed E-state index contributed by atoms with van der Waals surface area (Å²) in [5, 5.41) is 10.4. The molecule has 1 amide bonds. The third-order valence-electron chi connectivity index (χ3n) is 4.28. The fraction of sp³-hybridized carbons (Fsp3) is 0.438. The monoisotopic (exact) mass is 318 g/mol. The topological polar surface area (TPSA) is 70.5 Å². The molecule has 2 aromatic heterocycles. The molecule has 0 aliphatic carbocycles. The van der Waals surface area contributed by atoms with Gasteiger partial charge in [-0.2, -0.15) is 0 Å². The second-order valence-electron chi connectivity index (χ2n) is 5.71. The number of pyridine rings is 1. The minimum Gasteiger partial charge on any atom is -0.480 e. The largest absolute Gasteiger partial charge is 0.480 e. The molecule has 1 unspecified atom stereocenters. The zero-order valence-corrected chi connectivity index (χ0v) is 13.4. The minimum absolute atomic E-state index is 0.174. The van der Waals surface area contributed by atoms with Crippen LogP contribution in [0.4, 0.5) is 0 Å². The molecule has 1 aliphatic rings. The van der Waals surface area contributed by atoms with Gasteiger partial charge in [0, 0.05) is 18.1 Å². The van der Waals surface area contributed by atoms with Gasteiger partial charge in [0.2, 0.25) is 0 Å². The van der Waals surface area contributed by atoms with Crippen LogP contribution in [0.2, 0.25) is 0 Å². The number of carbonyl (C=O) groups is 2. The molecule has 0 spiro atoms. The highest BCUT2D eigenvalue weighted by Gasteiger charge is 2.34. The van der Waals surface area contributed by atoms with E-state index in [1.54, 1.807) is 6.20 Å². The number of aliphatic carboxylic acids is 1. The van der Waals surface area contributed by atoms with Crippen molar-refractivity contribution in [2.24, 2.45) is 0 Å². The Morgan fingerprint density at radius 2 is 2.14 bits per heavy atom. The number of carboxylic acid groups (broad SMARTS) is 1. The molecular weight excluding hydrogens is 300 g/mol. The number of carbonyl (C=O) groups excluding carboxylic acids is 1. The van der Waals surface area contributed by atoms with Gasteiger partial charge in [-0.3, -0.25) is 4.79 Å². The van der Waals surface area contributed by atoms with Crippen molar-refractivity contribution in [3.05, 3.63) is 28.3 Å². The maximum Gasteiger partial charge on any atom is 0.326 e. The van der Waals surface area contributed by atoms with E-state index in [9.17, 15) is 14.7 Å². The zero-order chi connectivity index (χ0) is 15.9. The van der Waals surface area contributed by atoms with E-state index in [2.05, 4.69) is 4.98 Å². The average molecular weight is 318 g/mol. The van der Waals surface area contributed by atoms with Gasteiger partial charge in [-0.1, -0.05) is 0 Å². The molecule has 2 aromatic rings. The van der Waals surface area contributed by atoms with Crippen LogP contribution < -0.4 is 0 Å². The normalized spacial score (nSPS) is 18.6. The van der Waals surface area contributed by atoms with Crippen LogP contribution in [-0.4, -0.2) is 39.5 Å². The molecule has 1 N–H and O–H groups in total. The van der Waals surface area contributed by atoms with Gasteiger partial charge in [-0.05, 0) is 50.3 Å². The second-order valence-corrected chi connectivity index (χ2v) is 6.71. The minimum atomic E-state index is -0.916.